The van der Waals surface area contributed by atoms with Crippen molar-refractivity contribution < 1.29 is 9.90 Å². The number of nitrogens with one attached hydrogen (secondary N) is 1. The van der Waals surface area contributed by atoms with Gasteiger partial charge in [0.2, 0.25) is 0 Å². The van der Waals surface area contributed by atoms with Crippen LogP contribution in [-0.2, 0) is 0 Å². The topological polar surface area (TPSA) is 49.3 Å². The number of carboxylic acids is 1. The van der Waals surface area contributed by atoms with Crippen LogP contribution in [0.15, 0.2) is 24.3 Å². The molecule has 0 aliphatic rings. The Balaban J connectivity index is 2.63. The lowest BCUT2D eigenvalue weighted by Gasteiger charge is -2.10. The van der Waals surface area contributed by atoms with Crippen LogP contribution in [0.4, 0.5) is 5.69 Å². The Labute approximate surface area is 90.1 Å². The van der Waals surface area contributed by atoms with Crippen molar-refractivity contribution >= 4 is 11.7 Å². The van der Waals surface area contributed by atoms with Crippen LogP contribution < -0.4 is 5.32 Å². The lowest BCUT2D eigenvalue weighted by atomic mass is 10.1. The van der Waals surface area contributed by atoms with Crippen LogP contribution in [0.5, 0.6) is 0 Å². The van der Waals surface area contributed by atoms with Gasteiger partial charge in [0.05, 0.1) is 5.56 Å². The van der Waals surface area contributed by atoms with E-state index in [-0.39, 0.29) is 0 Å². The van der Waals surface area contributed by atoms with Gasteiger partial charge in [0, 0.05) is 12.2 Å². The highest BCUT2D eigenvalue weighted by Crippen LogP contribution is 2.15. The van der Waals surface area contributed by atoms with E-state index in [9.17, 15) is 4.79 Å². The fraction of sp³-hybridized carbons (Fsp3) is 0.417. The summed E-state index contributed by atoms with van der Waals surface area (Å²) in [5, 5.41) is 12.1. The van der Waals surface area contributed by atoms with E-state index in [1.54, 1.807) is 18.2 Å². The van der Waals surface area contributed by atoms with Crippen LogP contribution >= 0.6 is 0 Å². The Morgan fingerprint density at radius 2 is 2.07 bits per heavy atom. The maximum absolute atomic E-state index is 10.9. The number of carboxylic acid groups (broad SMARTS) is 1. The molecule has 0 atom stereocenters. The summed E-state index contributed by atoms with van der Waals surface area (Å²) in [5.41, 5.74) is 1.03. The second-order valence-corrected chi connectivity index (χ2v) is 3.96. The molecule has 0 aromatic heterocycles. The van der Waals surface area contributed by atoms with Gasteiger partial charge in [-0.3, -0.25) is 0 Å². The second kappa shape index (κ2) is 5.39. The van der Waals surface area contributed by atoms with Gasteiger partial charge in [-0.05, 0) is 24.5 Å². The van der Waals surface area contributed by atoms with E-state index in [1.807, 2.05) is 6.07 Å². The predicted octanol–water partition coefficient (Wildman–Crippen LogP) is 2.84. The van der Waals surface area contributed by atoms with Gasteiger partial charge < -0.3 is 10.4 Å². The second-order valence-electron chi connectivity index (χ2n) is 3.96. The standard InChI is InChI=1S/C12H17NO2/c1-9(2)7-8-13-11-6-4-3-5-10(11)12(14)15/h3-6,9,13H,7-8H2,1-2H3,(H,14,15). The highest BCUT2D eigenvalue weighted by Gasteiger charge is 2.07. The summed E-state index contributed by atoms with van der Waals surface area (Å²) < 4.78 is 0. The van der Waals surface area contributed by atoms with Gasteiger partial charge in [-0.25, -0.2) is 4.79 Å². The van der Waals surface area contributed by atoms with E-state index in [0.717, 1.165) is 13.0 Å². The molecule has 3 heteroatoms. The summed E-state index contributed by atoms with van der Waals surface area (Å²) in [4.78, 5) is 10.9. The third-order valence-corrected chi connectivity index (χ3v) is 2.19. The number of benzene rings is 1. The van der Waals surface area contributed by atoms with Gasteiger partial charge in [0.25, 0.3) is 0 Å². The number of carbonyl (C=O) groups is 1. The molecule has 2 N–H and O–H groups in total. The van der Waals surface area contributed by atoms with Crippen LogP contribution in [-0.4, -0.2) is 17.6 Å². The monoisotopic (exact) mass is 207 g/mol. The SMILES string of the molecule is CC(C)CCNc1ccccc1C(=O)O. The third kappa shape index (κ3) is 3.62. The van der Waals surface area contributed by atoms with Gasteiger partial charge >= 0.3 is 5.97 Å². The Bertz CT molecular complexity index is 334. The fourth-order valence-corrected chi connectivity index (χ4v) is 1.32. The summed E-state index contributed by atoms with van der Waals surface area (Å²) in [6.45, 7) is 5.09. The minimum Gasteiger partial charge on any atom is -0.478 e. The largest absolute Gasteiger partial charge is 0.478 e. The normalized spacial score (nSPS) is 10.3. The van der Waals surface area contributed by atoms with Crippen LogP contribution in [0.25, 0.3) is 0 Å². The molecule has 1 aromatic rings. The first-order valence-electron chi connectivity index (χ1n) is 5.17. The van der Waals surface area contributed by atoms with Gasteiger partial charge in [-0.1, -0.05) is 26.0 Å². The summed E-state index contributed by atoms with van der Waals surface area (Å²) in [7, 11) is 0. The molecular weight excluding hydrogens is 190 g/mol. The quantitative estimate of drug-likeness (QED) is 0.780. The molecule has 1 aromatic carbocycles. The minimum atomic E-state index is -0.886. The minimum absolute atomic E-state index is 0.334. The van der Waals surface area contributed by atoms with Crippen molar-refractivity contribution in [2.75, 3.05) is 11.9 Å². The molecule has 1 rings (SSSR count). The van der Waals surface area contributed by atoms with Crippen molar-refractivity contribution in [3.63, 3.8) is 0 Å². The zero-order chi connectivity index (χ0) is 11.3. The van der Waals surface area contributed by atoms with Gasteiger partial charge in [-0.2, -0.15) is 0 Å². The lowest BCUT2D eigenvalue weighted by molar-refractivity contribution is 0.0698. The maximum atomic E-state index is 10.9. The van der Waals surface area contributed by atoms with Crippen molar-refractivity contribution in [1.82, 2.24) is 0 Å². The molecule has 82 valence electrons. The highest BCUT2D eigenvalue weighted by molar-refractivity contribution is 5.94. The predicted molar refractivity (Wildman–Crippen MR) is 61.3 cm³/mol. The van der Waals surface area contributed by atoms with Crippen LogP contribution in [0.3, 0.4) is 0 Å². The average Bonchev–Trinajstić information content (AvgIpc) is 2.17. The molecule has 0 saturated heterocycles. The summed E-state index contributed by atoms with van der Waals surface area (Å²) in [6.07, 6.45) is 1.04. The van der Waals surface area contributed by atoms with Crippen molar-refractivity contribution in [3.8, 4) is 0 Å². The van der Waals surface area contributed by atoms with E-state index in [4.69, 9.17) is 5.11 Å². The van der Waals surface area contributed by atoms with Gasteiger partial charge in [0.1, 0.15) is 0 Å². The first-order chi connectivity index (χ1) is 7.11. The molecule has 15 heavy (non-hydrogen) atoms. The van der Waals surface area contributed by atoms with E-state index in [2.05, 4.69) is 19.2 Å². The first-order valence-corrected chi connectivity index (χ1v) is 5.17. The number of hydrogen-bond acceptors (Lipinski definition) is 2. The Morgan fingerprint density at radius 3 is 2.67 bits per heavy atom. The van der Waals surface area contributed by atoms with E-state index in [1.165, 1.54) is 0 Å². The number of rotatable bonds is 5. The number of anilines is 1. The van der Waals surface area contributed by atoms with Crippen molar-refractivity contribution in [3.05, 3.63) is 29.8 Å². The molecule has 0 aliphatic heterocycles. The number of hydrogen-bond donors (Lipinski definition) is 2. The third-order valence-electron chi connectivity index (χ3n) is 2.19. The van der Waals surface area contributed by atoms with Crippen molar-refractivity contribution in [2.24, 2.45) is 5.92 Å². The smallest absolute Gasteiger partial charge is 0.337 e. The maximum Gasteiger partial charge on any atom is 0.337 e. The van der Waals surface area contributed by atoms with Gasteiger partial charge in [-0.15, -0.1) is 0 Å². The Kier molecular flexibility index (Phi) is 4.16. The molecule has 0 radical (unpaired) electrons. The van der Waals surface area contributed by atoms with Gasteiger partial charge in [0.15, 0.2) is 0 Å². The van der Waals surface area contributed by atoms with E-state index >= 15 is 0 Å². The average molecular weight is 207 g/mol. The molecular formula is C12H17NO2. The fourth-order valence-electron chi connectivity index (χ4n) is 1.32. The van der Waals surface area contributed by atoms with E-state index in [0.29, 0.717) is 17.2 Å². The Morgan fingerprint density at radius 1 is 1.40 bits per heavy atom. The van der Waals surface area contributed by atoms with Crippen LogP contribution in [0, 0.1) is 5.92 Å². The first kappa shape index (κ1) is 11.6. The summed E-state index contributed by atoms with van der Waals surface area (Å²) >= 11 is 0. The summed E-state index contributed by atoms with van der Waals surface area (Å²) in [6, 6.07) is 6.98. The number of aromatic carboxylic acids is 1. The molecule has 0 saturated carbocycles. The van der Waals surface area contributed by atoms with Crippen LogP contribution in [0.2, 0.25) is 0 Å². The molecule has 0 aliphatic carbocycles. The molecule has 0 bridgehead atoms. The summed E-state index contributed by atoms with van der Waals surface area (Å²) in [5.74, 6) is -0.267. The number of para-hydroxylation sites is 1. The highest BCUT2D eigenvalue weighted by atomic mass is 16.4. The molecule has 0 heterocycles. The Hall–Kier alpha value is -1.51. The van der Waals surface area contributed by atoms with E-state index < -0.39 is 5.97 Å². The molecule has 0 spiro atoms. The molecule has 0 fully saturated rings. The molecule has 3 nitrogen and oxygen atoms in total. The van der Waals surface area contributed by atoms with Crippen molar-refractivity contribution in [2.45, 2.75) is 20.3 Å². The van der Waals surface area contributed by atoms with Crippen LogP contribution in [0.1, 0.15) is 30.6 Å². The molecule has 0 unspecified atom stereocenters. The lowest BCUT2D eigenvalue weighted by Crippen LogP contribution is -2.09. The van der Waals surface area contributed by atoms with Crippen molar-refractivity contribution in [1.29, 1.82) is 0 Å². The molecule has 0 amide bonds. The zero-order valence-electron chi connectivity index (χ0n) is 9.16. The zero-order valence-corrected chi connectivity index (χ0v) is 9.16.